The lowest BCUT2D eigenvalue weighted by molar-refractivity contribution is 0.130. The number of thiazole rings is 1. The molecule has 0 atom stereocenters. The number of imidazole rings is 1. The van der Waals surface area contributed by atoms with Crippen LogP contribution in [0, 0.1) is 13.8 Å². The SMILES string of the molecule is C/C(=N\OCc1ccc(C)cc1)c1sc2nc3ccccc3n2c1C. The molecule has 0 saturated carbocycles. The Morgan fingerprint density at radius 1 is 1.12 bits per heavy atom. The highest BCUT2D eigenvalue weighted by atomic mass is 32.1. The van der Waals surface area contributed by atoms with Crippen LogP contribution in [-0.2, 0) is 11.4 Å². The third-order valence-electron chi connectivity index (χ3n) is 4.27. The van der Waals surface area contributed by atoms with Gasteiger partial charge in [0, 0.05) is 5.69 Å². The summed E-state index contributed by atoms with van der Waals surface area (Å²) in [5, 5.41) is 4.31. The first-order valence-electron chi connectivity index (χ1n) is 8.22. The maximum Gasteiger partial charge on any atom is 0.195 e. The second kappa shape index (κ2) is 6.33. The second-order valence-electron chi connectivity index (χ2n) is 6.17. The number of hydrogen-bond acceptors (Lipinski definition) is 4. The van der Waals surface area contributed by atoms with E-state index in [9.17, 15) is 0 Å². The van der Waals surface area contributed by atoms with Crippen molar-refractivity contribution in [2.24, 2.45) is 5.16 Å². The van der Waals surface area contributed by atoms with Gasteiger partial charge in [-0.25, -0.2) is 4.98 Å². The molecule has 0 amide bonds. The molecule has 0 aliphatic carbocycles. The number of aromatic nitrogens is 2. The highest BCUT2D eigenvalue weighted by Crippen LogP contribution is 2.28. The first kappa shape index (κ1) is 15.8. The van der Waals surface area contributed by atoms with Gasteiger partial charge in [-0.05, 0) is 38.5 Å². The van der Waals surface area contributed by atoms with Crippen molar-refractivity contribution < 1.29 is 4.84 Å². The lowest BCUT2D eigenvalue weighted by Gasteiger charge is -2.03. The molecule has 0 fully saturated rings. The Balaban J connectivity index is 1.60. The van der Waals surface area contributed by atoms with Gasteiger partial charge < -0.3 is 4.84 Å². The number of benzene rings is 2. The zero-order valence-electron chi connectivity index (χ0n) is 14.5. The van der Waals surface area contributed by atoms with Crippen molar-refractivity contribution in [3.63, 3.8) is 0 Å². The van der Waals surface area contributed by atoms with Crippen molar-refractivity contribution in [1.82, 2.24) is 9.38 Å². The molecule has 126 valence electrons. The third-order valence-corrected chi connectivity index (χ3v) is 5.52. The monoisotopic (exact) mass is 349 g/mol. The number of para-hydroxylation sites is 2. The van der Waals surface area contributed by atoms with E-state index in [0.717, 1.165) is 37.8 Å². The molecule has 0 unspecified atom stereocenters. The van der Waals surface area contributed by atoms with Gasteiger partial charge in [0.25, 0.3) is 0 Å². The van der Waals surface area contributed by atoms with E-state index in [0.29, 0.717) is 6.61 Å². The molecule has 2 aromatic heterocycles. The van der Waals surface area contributed by atoms with Crippen LogP contribution >= 0.6 is 11.3 Å². The van der Waals surface area contributed by atoms with Gasteiger partial charge in [-0.2, -0.15) is 0 Å². The van der Waals surface area contributed by atoms with Crippen LogP contribution in [0.1, 0.15) is 28.6 Å². The fourth-order valence-electron chi connectivity index (χ4n) is 2.93. The van der Waals surface area contributed by atoms with Crippen LogP contribution in [0.3, 0.4) is 0 Å². The van der Waals surface area contributed by atoms with Gasteiger partial charge in [0.2, 0.25) is 0 Å². The molecule has 0 radical (unpaired) electrons. The number of oxime groups is 1. The summed E-state index contributed by atoms with van der Waals surface area (Å²) in [6, 6.07) is 16.5. The molecule has 4 rings (SSSR count). The number of nitrogens with zero attached hydrogens (tertiary/aromatic N) is 3. The van der Waals surface area contributed by atoms with Gasteiger partial charge in [0.1, 0.15) is 6.61 Å². The lowest BCUT2D eigenvalue weighted by atomic mass is 10.2. The minimum absolute atomic E-state index is 0.474. The summed E-state index contributed by atoms with van der Waals surface area (Å²) in [5.74, 6) is 0. The zero-order valence-corrected chi connectivity index (χ0v) is 15.3. The van der Waals surface area contributed by atoms with E-state index in [1.807, 2.05) is 25.1 Å². The summed E-state index contributed by atoms with van der Waals surface area (Å²) in [7, 11) is 0. The minimum atomic E-state index is 0.474. The van der Waals surface area contributed by atoms with Crippen molar-refractivity contribution in [2.75, 3.05) is 0 Å². The van der Waals surface area contributed by atoms with Crippen molar-refractivity contribution in [3.8, 4) is 0 Å². The van der Waals surface area contributed by atoms with Crippen LogP contribution in [0.5, 0.6) is 0 Å². The lowest BCUT2D eigenvalue weighted by Crippen LogP contribution is -1.98. The van der Waals surface area contributed by atoms with E-state index in [1.54, 1.807) is 11.3 Å². The maximum absolute atomic E-state index is 5.56. The molecular formula is C20H19N3OS. The molecule has 2 heterocycles. The first-order valence-corrected chi connectivity index (χ1v) is 9.04. The zero-order chi connectivity index (χ0) is 17.4. The molecule has 4 nitrogen and oxygen atoms in total. The normalized spacial score (nSPS) is 12.2. The van der Waals surface area contributed by atoms with Crippen LogP contribution < -0.4 is 0 Å². The van der Waals surface area contributed by atoms with Crippen LogP contribution in [0.25, 0.3) is 16.0 Å². The van der Waals surface area contributed by atoms with Crippen molar-refractivity contribution in [1.29, 1.82) is 0 Å². The maximum atomic E-state index is 5.56. The third kappa shape index (κ3) is 2.91. The molecular weight excluding hydrogens is 330 g/mol. The van der Waals surface area contributed by atoms with E-state index in [2.05, 4.69) is 53.7 Å². The summed E-state index contributed by atoms with van der Waals surface area (Å²) < 4.78 is 2.19. The predicted octanol–water partition coefficient (Wildman–Crippen LogP) is 5.11. The average molecular weight is 349 g/mol. The van der Waals surface area contributed by atoms with E-state index >= 15 is 0 Å². The molecule has 0 aliphatic heterocycles. The number of rotatable bonds is 4. The Labute approximate surface area is 150 Å². The molecule has 0 bridgehead atoms. The molecule has 4 aromatic rings. The molecule has 0 N–H and O–H groups in total. The summed E-state index contributed by atoms with van der Waals surface area (Å²) in [4.78, 5) is 12.4. The topological polar surface area (TPSA) is 38.9 Å². The molecule has 5 heteroatoms. The fourth-order valence-corrected chi connectivity index (χ4v) is 4.01. The van der Waals surface area contributed by atoms with E-state index in [-0.39, 0.29) is 0 Å². The standard InChI is InChI=1S/C20H19N3OS/c1-13-8-10-16(11-9-13)12-24-22-14(2)19-15(3)23-18-7-5-4-6-17(18)21-20(23)25-19/h4-11H,12H2,1-3H3/b22-14+. The highest BCUT2D eigenvalue weighted by Gasteiger charge is 2.15. The quantitative estimate of drug-likeness (QED) is 0.379. The Morgan fingerprint density at radius 3 is 2.68 bits per heavy atom. The fraction of sp³-hybridized carbons (Fsp3) is 0.200. The summed E-state index contributed by atoms with van der Waals surface area (Å²) in [5.41, 5.74) is 6.54. The van der Waals surface area contributed by atoms with Crippen LogP contribution in [-0.4, -0.2) is 15.1 Å². The average Bonchev–Trinajstić information content (AvgIpc) is 3.13. The van der Waals surface area contributed by atoms with Crippen molar-refractivity contribution in [3.05, 3.63) is 70.2 Å². The van der Waals surface area contributed by atoms with E-state index in [4.69, 9.17) is 9.82 Å². The largest absolute Gasteiger partial charge is 0.391 e. The van der Waals surface area contributed by atoms with Crippen molar-refractivity contribution >= 4 is 33.0 Å². The van der Waals surface area contributed by atoms with Crippen molar-refractivity contribution in [2.45, 2.75) is 27.4 Å². The van der Waals surface area contributed by atoms with Crippen LogP contribution in [0.4, 0.5) is 0 Å². The Kier molecular flexibility index (Phi) is 4.01. The van der Waals surface area contributed by atoms with Gasteiger partial charge in [-0.1, -0.05) is 58.5 Å². The second-order valence-corrected chi connectivity index (χ2v) is 7.15. The highest BCUT2D eigenvalue weighted by molar-refractivity contribution is 7.19. The Bertz CT molecular complexity index is 1070. The van der Waals surface area contributed by atoms with Gasteiger partial charge in [0.05, 0.1) is 21.6 Å². The number of aryl methyl sites for hydroxylation is 2. The molecule has 0 aliphatic rings. The van der Waals surface area contributed by atoms with E-state index in [1.165, 1.54) is 5.56 Å². The molecule has 25 heavy (non-hydrogen) atoms. The summed E-state index contributed by atoms with van der Waals surface area (Å²) in [6.07, 6.45) is 0. The molecule has 2 aromatic carbocycles. The van der Waals surface area contributed by atoms with Gasteiger partial charge in [-0.15, -0.1) is 0 Å². The first-order chi connectivity index (χ1) is 12.1. The summed E-state index contributed by atoms with van der Waals surface area (Å²) >= 11 is 1.65. The predicted molar refractivity (Wildman–Crippen MR) is 103 cm³/mol. The van der Waals surface area contributed by atoms with Gasteiger partial charge >= 0.3 is 0 Å². The van der Waals surface area contributed by atoms with Crippen LogP contribution in [0.2, 0.25) is 0 Å². The van der Waals surface area contributed by atoms with E-state index < -0.39 is 0 Å². The number of fused-ring (bicyclic) bond motifs is 3. The minimum Gasteiger partial charge on any atom is -0.391 e. The van der Waals surface area contributed by atoms with Gasteiger partial charge in [-0.3, -0.25) is 4.40 Å². The van der Waals surface area contributed by atoms with Crippen LogP contribution in [0.15, 0.2) is 53.7 Å². The molecule has 0 saturated heterocycles. The summed E-state index contributed by atoms with van der Waals surface area (Å²) in [6.45, 7) is 6.64. The number of hydrogen-bond donors (Lipinski definition) is 0. The Hall–Kier alpha value is -2.66. The van der Waals surface area contributed by atoms with Gasteiger partial charge in [0.15, 0.2) is 4.96 Å². The Morgan fingerprint density at radius 2 is 1.88 bits per heavy atom. The smallest absolute Gasteiger partial charge is 0.195 e. The molecule has 0 spiro atoms.